The zero-order valence-corrected chi connectivity index (χ0v) is 10.9. The Morgan fingerprint density at radius 1 is 1.32 bits per heavy atom. The number of furan rings is 1. The van der Waals surface area contributed by atoms with Gasteiger partial charge in [0.1, 0.15) is 5.76 Å². The predicted octanol–water partition coefficient (Wildman–Crippen LogP) is 3.04. The second kappa shape index (κ2) is 5.31. The van der Waals surface area contributed by atoms with E-state index in [1.807, 2.05) is 12.1 Å². The van der Waals surface area contributed by atoms with Gasteiger partial charge < -0.3 is 10.2 Å². The lowest BCUT2D eigenvalue weighted by Crippen LogP contribution is -2.17. The lowest BCUT2D eigenvalue weighted by molar-refractivity contribution is 0.470. The molecule has 3 nitrogen and oxygen atoms in total. The van der Waals surface area contributed by atoms with Crippen molar-refractivity contribution in [1.29, 1.82) is 0 Å². The second-order valence-corrected chi connectivity index (χ2v) is 5.04. The minimum absolute atomic E-state index is 0.610. The highest BCUT2D eigenvalue weighted by molar-refractivity contribution is 5.64. The Morgan fingerprint density at radius 3 is 3.05 bits per heavy atom. The quantitative estimate of drug-likeness (QED) is 0.676. The smallest absolute Gasteiger partial charge is 0.134 e. The topological polar surface area (TPSA) is 51.5 Å². The summed E-state index contributed by atoms with van der Waals surface area (Å²) in [5, 5.41) is 0. The van der Waals surface area contributed by atoms with Gasteiger partial charge in [0, 0.05) is 12.1 Å². The molecule has 1 aromatic carbocycles. The Kier molecular flexibility index (Phi) is 3.36. The molecule has 1 aromatic heterocycles. The average Bonchev–Trinajstić information content (AvgIpc) is 2.98. The molecule has 0 radical (unpaired) electrons. The average molecular weight is 254 g/mol. The van der Waals surface area contributed by atoms with Gasteiger partial charge >= 0.3 is 0 Å². The number of rotatable bonds is 3. The summed E-state index contributed by atoms with van der Waals surface area (Å²) in [6, 6.07) is 10.5. The third kappa shape index (κ3) is 2.41. The van der Waals surface area contributed by atoms with Gasteiger partial charge in [0.15, 0.2) is 0 Å². The Balaban J connectivity index is 1.89. The van der Waals surface area contributed by atoms with E-state index in [0.29, 0.717) is 5.92 Å². The highest BCUT2D eigenvalue weighted by Gasteiger charge is 2.21. The third-order valence-electron chi connectivity index (χ3n) is 3.84. The molecule has 19 heavy (non-hydrogen) atoms. The maximum Gasteiger partial charge on any atom is 0.134 e. The SMILES string of the molecule is NC=NCC1CCc2c(cccc2-c2ccco2)C1. The number of hydrogen-bond acceptors (Lipinski definition) is 2. The molecule has 1 aliphatic carbocycles. The van der Waals surface area contributed by atoms with Crippen molar-refractivity contribution in [3.8, 4) is 11.3 Å². The van der Waals surface area contributed by atoms with Crippen LogP contribution in [0, 0.1) is 5.92 Å². The van der Waals surface area contributed by atoms with Gasteiger partial charge in [-0.3, -0.25) is 4.99 Å². The monoisotopic (exact) mass is 254 g/mol. The Morgan fingerprint density at radius 2 is 2.26 bits per heavy atom. The summed E-state index contributed by atoms with van der Waals surface area (Å²) in [4.78, 5) is 4.17. The third-order valence-corrected chi connectivity index (χ3v) is 3.84. The van der Waals surface area contributed by atoms with E-state index in [1.54, 1.807) is 6.26 Å². The fraction of sp³-hybridized carbons (Fsp3) is 0.312. The molecule has 98 valence electrons. The molecule has 0 bridgehead atoms. The zero-order chi connectivity index (χ0) is 13.1. The number of fused-ring (bicyclic) bond motifs is 1. The Bertz CT molecular complexity index is 572. The zero-order valence-electron chi connectivity index (χ0n) is 10.9. The molecule has 2 aromatic rings. The molecule has 1 atom stereocenters. The van der Waals surface area contributed by atoms with Crippen molar-refractivity contribution < 1.29 is 4.42 Å². The van der Waals surface area contributed by atoms with Crippen LogP contribution in [-0.2, 0) is 12.8 Å². The lowest BCUT2D eigenvalue weighted by atomic mass is 9.81. The van der Waals surface area contributed by atoms with Gasteiger partial charge in [-0.05, 0) is 48.4 Å². The Hall–Kier alpha value is -2.03. The molecule has 2 N–H and O–H groups in total. The van der Waals surface area contributed by atoms with E-state index in [-0.39, 0.29) is 0 Å². The number of nitrogens with two attached hydrogens (primary N) is 1. The maximum atomic E-state index is 5.54. The minimum Gasteiger partial charge on any atom is -0.464 e. The van der Waals surface area contributed by atoms with Gasteiger partial charge in [-0.1, -0.05) is 18.2 Å². The maximum absolute atomic E-state index is 5.54. The van der Waals surface area contributed by atoms with Gasteiger partial charge in [-0.25, -0.2) is 0 Å². The number of aliphatic imine (C=N–C) groups is 1. The van der Waals surface area contributed by atoms with Crippen molar-refractivity contribution >= 4 is 6.34 Å². The van der Waals surface area contributed by atoms with Crippen LogP contribution in [0.25, 0.3) is 11.3 Å². The van der Waals surface area contributed by atoms with E-state index in [9.17, 15) is 0 Å². The molecular weight excluding hydrogens is 236 g/mol. The van der Waals surface area contributed by atoms with Crippen LogP contribution in [0.1, 0.15) is 17.5 Å². The molecule has 0 fully saturated rings. The summed E-state index contributed by atoms with van der Waals surface area (Å²) in [7, 11) is 0. The first-order chi connectivity index (χ1) is 9.38. The van der Waals surface area contributed by atoms with Crippen molar-refractivity contribution in [2.45, 2.75) is 19.3 Å². The highest BCUT2D eigenvalue weighted by atomic mass is 16.3. The number of benzene rings is 1. The molecule has 0 spiro atoms. The second-order valence-electron chi connectivity index (χ2n) is 5.04. The van der Waals surface area contributed by atoms with Crippen LogP contribution in [0.15, 0.2) is 46.0 Å². The normalized spacial score (nSPS) is 18.6. The fourth-order valence-electron chi connectivity index (χ4n) is 2.91. The number of nitrogens with zero attached hydrogens (tertiary/aromatic N) is 1. The van der Waals surface area contributed by atoms with Gasteiger partial charge in [-0.2, -0.15) is 0 Å². The molecule has 0 aliphatic heterocycles. The molecule has 1 unspecified atom stereocenters. The predicted molar refractivity (Wildman–Crippen MR) is 77.2 cm³/mol. The largest absolute Gasteiger partial charge is 0.464 e. The first-order valence-electron chi connectivity index (χ1n) is 6.73. The van der Waals surface area contributed by atoms with E-state index < -0.39 is 0 Å². The van der Waals surface area contributed by atoms with Crippen molar-refractivity contribution in [1.82, 2.24) is 0 Å². The van der Waals surface area contributed by atoms with Gasteiger partial charge in [0.05, 0.1) is 12.6 Å². The van der Waals surface area contributed by atoms with Gasteiger partial charge in [0.25, 0.3) is 0 Å². The molecule has 3 rings (SSSR count). The van der Waals surface area contributed by atoms with Crippen LogP contribution in [0.2, 0.25) is 0 Å². The summed E-state index contributed by atoms with van der Waals surface area (Å²) >= 11 is 0. The molecule has 1 heterocycles. The number of hydrogen-bond donors (Lipinski definition) is 1. The van der Waals surface area contributed by atoms with E-state index in [4.69, 9.17) is 10.2 Å². The fourth-order valence-corrected chi connectivity index (χ4v) is 2.91. The molecule has 1 aliphatic rings. The summed E-state index contributed by atoms with van der Waals surface area (Å²) in [5.41, 5.74) is 9.43. The molecule has 0 amide bonds. The molecular formula is C16H18N2O. The van der Waals surface area contributed by atoms with E-state index in [0.717, 1.165) is 25.1 Å². The van der Waals surface area contributed by atoms with E-state index in [2.05, 4.69) is 23.2 Å². The lowest BCUT2D eigenvalue weighted by Gasteiger charge is -2.24. The minimum atomic E-state index is 0.610. The van der Waals surface area contributed by atoms with E-state index >= 15 is 0 Å². The van der Waals surface area contributed by atoms with Gasteiger partial charge in [-0.15, -0.1) is 0 Å². The van der Waals surface area contributed by atoms with Crippen LogP contribution in [0.4, 0.5) is 0 Å². The van der Waals surface area contributed by atoms with Crippen LogP contribution in [-0.4, -0.2) is 12.9 Å². The molecule has 0 saturated carbocycles. The molecule has 0 saturated heterocycles. The summed E-state index contributed by atoms with van der Waals surface area (Å²) in [6.07, 6.45) is 6.49. The first-order valence-corrected chi connectivity index (χ1v) is 6.73. The van der Waals surface area contributed by atoms with Crippen molar-refractivity contribution in [3.63, 3.8) is 0 Å². The van der Waals surface area contributed by atoms with Crippen LogP contribution in [0.5, 0.6) is 0 Å². The summed E-state index contributed by atoms with van der Waals surface area (Å²) in [5.74, 6) is 1.58. The summed E-state index contributed by atoms with van der Waals surface area (Å²) in [6.45, 7) is 0.834. The summed E-state index contributed by atoms with van der Waals surface area (Å²) < 4.78 is 5.54. The van der Waals surface area contributed by atoms with Crippen molar-refractivity contribution in [2.75, 3.05) is 6.54 Å². The molecule has 3 heteroatoms. The van der Waals surface area contributed by atoms with Crippen LogP contribution in [0.3, 0.4) is 0 Å². The Labute approximate surface area is 113 Å². The van der Waals surface area contributed by atoms with E-state index in [1.165, 1.54) is 29.4 Å². The van der Waals surface area contributed by atoms with Crippen molar-refractivity contribution in [3.05, 3.63) is 47.7 Å². The highest BCUT2D eigenvalue weighted by Crippen LogP contribution is 2.33. The van der Waals surface area contributed by atoms with Gasteiger partial charge in [0.2, 0.25) is 0 Å². The van der Waals surface area contributed by atoms with Crippen LogP contribution >= 0.6 is 0 Å². The first kappa shape index (κ1) is 12.0. The standard InChI is InChI=1S/C16H18N2O/c17-11-18-10-12-6-7-14-13(9-12)3-1-4-15(14)16-5-2-8-19-16/h1-5,8,11-12H,6-7,9-10H2,(H2,17,18). The van der Waals surface area contributed by atoms with Crippen molar-refractivity contribution in [2.24, 2.45) is 16.6 Å². The van der Waals surface area contributed by atoms with Crippen LogP contribution < -0.4 is 5.73 Å².